The fourth-order valence-corrected chi connectivity index (χ4v) is 4.97. The van der Waals surface area contributed by atoms with Crippen LogP contribution in [-0.2, 0) is 14.7 Å². The Morgan fingerprint density at radius 2 is 1.74 bits per heavy atom. The van der Waals surface area contributed by atoms with Gasteiger partial charge in [0, 0.05) is 23.0 Å². The monoisotopic (exact) mass is 406 g/mol. The number of hydrogen-bond donors (Lipinski definition) is 1. The molecule has 142 valence electrons. The van der Waals surface area contributed by atoms with Gasteiger partial charge in [-0.15, -0.1) is 0 Å². The Morgan fingerprint density at radius 1 is 1.11 bits per heavy atom. The largest absolute Gasteiger partial charge is 0.349 e. The van der Waals surface area contributed by atoms with Crippen LogP contribution in [0.1, 0.15) is 21.6 Å². The lowest BCUT2D eigenvalue weighted by Crippen LogP contribution is -2.27. The molecule has 0 aliphatic heterocycles. The molecule has 0 radical (unpaired) electrons. The van der Waals surface area contributed by atoms with Gasteiger partial charge in [0.1, 0.15) is 10.6 Å². The molecule has 1 amide bonds. The molecule has 0 bridgehead atoms. The minimum Gasteiger partial charge on any atom is -0.349 e. The maximum absolute atomic E-state index is 13.5. The van der Waals surface area contributed by atoms with Gasteiger partial charge in [0.25, 0.3) is 5.91 Å². The molecule has 27 heavy (non-hydrogen) atoms. The molecule has 0 saturated carbocycles. The van der Waals surface area contributed by atoms with E-state index >= 15 is 0 Å². The van der Waals surface area contributed by atoms with E-state index in [0.717, 1.165) is 16.2 Å². The molecule has 1 heterocycles. The highest BCUT2D eigenvalue weighted by Gasteiger charge is 2.31. The maximum atomic E-state index is 13.5. The molecule has 2 aromatic carbocycles. The number of nitrogens with zero attached hydrogens (tertiary/aromatic N) is 1. The first-order valence-corrected chi connectivity index (χ1v) is 9.98. The van der Waals surface area contributed by atoms with E-state index in [1.165, 1.54) is 20.2 Å². The Bertz CT molecular complexity index is 1130. The van der Waals surface area contributed by atoms with Crippen molar-refractivity contribution in [2.75, 3.05) is 14.2 Å². The number of amides is 1. The van der Waals surface area contributed by atoms with Crippen molar-refractivity contribution < 1.29 is 18.0 Å². The van der Waals surface area contributed by atoms with Gasteiger partial charge in [0.15, 0.2) is 0 Å². The molecule has 0 spiro atoms. The number of hydroxylamine groups is 2. The van der Waals surface area contributed by atoms with Crippen molar-refractivity contribution in [1.82, 2.24) is 10.0 Å². The average molecular weight is 407 g/mol. The molecule has 0 unspecified atom stereocenters. The van der Waals surface area contributed by atoms with Crippen molar-refractivity contribution in [3.63, 3.8) is 0 Å². The molecule has 0 aliphatic carbocycles. The summed E-state index contributed by atoms with van der Waals surface area (Å²) in [5.41, 5.74) is 2.05. The summed E-state index contributed by atoms with van der Waals surface area (Å²) in [6, 6.07) is 9.85. The topological polar surface area (TPSA) is 79.5 Å². The minimum atomic E-state index is -3.99. The van der Waals surface area contributed by atoms with E-state index in [0.29, 0.717) is 15.9 Å². The van der Waals surface area contributed by atoms with E-state index in [2.05, 4.69) is 4.98 Å². The number of aromatic amines is 1. The SMILES string of the molecule is CON(C)C(=O)c1[nH]c2ccc(Cl)cc2c1S(=O)(=O)c1cc(C)cc(C)c1. The first-order chi connectivity index (χ1) is 12.6. The number of carbonyl (C=O) groups excluding carboxylic acids is 1. The zero-order valence-electron chi connectivity index (χ0n) is 15.3. The van der Waals surface area contributed by atoms with E-state index < -0.39 is 15.7 Å². The summed E-state index contributed by atoms with van der Waals surface area (Å²) >= 11 is 6.09. The highest BCUT2D eigenvalue weighted by atomic mass is 35.5. The summed E-state index contributed by atoms with van der Waals surface area (Å²) in [6.07, 6.45) is 0. The molecule has 0 aliphatic rings. The lowest BCUT2D eigenvalue weighted by molar-refractivity contribution is -0.0762. The van der Waals surface area contributed by atoms with Crippen LogP contribution < -0.4 is 0 Å². The molecular formula is C19H19ClN2O4S. The van der Waals surface area contributed by atoms with Gasteiger partial charge in [0.2, 0.25) is 9.84 Å². The molecule has 0 fully saturated rings. The number of aryl methyl sites for hydroxylation is 2. The average Bonchev–Trinajstić information content (AvgIpc) is 2.98. The summed E-state index contributed by atoms with van der Waals surface area (Å²) in [5.74, 6) is -0.604. The second-order valence-corrected chi connectivity index (χ2v) is 8.65. The third-order valence-corrected chi connectivity index (χ3v) is 6.31. The smallest absolute Gasteiger partial charge is 0.294 e. The van der Waals surface area contributed by atoms with Gasteiger partial charge in [-0.2, -0.15) is 0 Å². The predicted molar refractivity (Wildman–Crippen MR) is 104 cm³/mol. The molecule has 1 N–H and O–H groups in total. The quantitative estimate of drug-likeness (QED) is 0.666. The van der Waals surface area contributed by atoms with Crippen LogP contribution in [0.15, 0.2) is 46.2 Å². The van der Waals surface area contributed by atoms with E-state index in [9.17, 15) is 13.2 Å². The van der Waals surface area contributed by atoms with Crippen molar-refractivity contribution in [2.45, 2.75) is 23.6 Å². The van der Waals surface area contributed by atoms with Crippen molar-refractivity contribution in [3.05, 3.63) is 58.2 Å². The number of halogens is 1. The van der Waals surface area contributed by atoms with Gasteiger partial charge in [-0.25, -0.2) is 13.5 Å². The standard InChI is InChI=1S/C19H19ClN2O4S/c1-11-7-12(2)9-14(8-11)27(24,25)18-15-10-13(20)5-6-16(15)21-17(18)19(23)22(3)26-4/h5-10,21H,1-4H3. The number of nitrogens with one attached hydrogen (secondary N) is 1. The van der Waals surface area contributed by atoms with E-state index in [1.54, 1.807) is 24.3 Å². The normalized spacial score (nSPS) is 11.7. The van der Waals surface area contributed by atoms with Gasteiger partial charge in [-0.05, 0) is 55.3 Å². The van der Waals surface area contributed by atoms with Gasteiger partial charge < -0.3 is 4.98 Å². The number of H-pyrrole nitrogens is 1. The minimum absolute atomic E-state index is 0.0734. The zero-order valence-corrected chi connectivity index (χ0v) is 16.9. The van der Waals surface area contributed by atoms with Crippen molar-refractivity contribution in [3.8, 4) is 0 Å². The Labute approximate surface area is 162 Å². The molecule has 8 heteroatoms. The number of carbonyl (C=O) groups is 1. The summed E-state index contributed by atoms with van der Waals surface area (Å²) in [7, 11) is -1.25. The zero-order chi connectivity index (χ0) is 19.9. The lowest BCUT2D eigenvalue weighted by atomic mass is 10.2. The van der Waals surface area contributed by atoms with Gasteiger partial charge in [-0.3, -0.25) is 9.63 Å². The van der Waals surface area contributed by atoms with Crippen LogP contribution in [0.3, 0.4) is 0 Å². The molecule has 0 saturated heterocycles. The van der Waals surface area contributed by atoms with E-state index in [1.807, 2.05) is 19.9 Å². The number of sulfone groups is 1. The van der Waals surface area contributed by atoms with Gasteiger partial charge in [0.05, 0.1) is 12.0 Å². The first-order valence-electron chi connectivity index (χ1n) is 8.12. The van der Waals surface area contributed by atoms with Crippen molar-refractivity contribution in [1.29, 1.82) is 0 Å². The number of aromatic nitrogens is 1. The highest BCUT2D eigenvalue weighted by Crippen LogP contribution is 2.34. The Balaban J connectivity index is 2.37. The van der Waals surface area contributed by atoms with E-state index in [4.69, 9.17) is 16.4 Å². The van der Waals surface area contributed by atoms with Crippen molar-refractivity contribution in [2.24, 2.45) is 0 Å². The number of fused-ring (bicyclic) bond motifs is 1. The third kappa shape index (κ3) is 3.45. The summed E-state index contributed by atoms with van der Waals surface area (Å²) in [4.78, 5) is 20.6. The Hall–Kier alpha value is -2.35. The van der Waals surface area contributed by atoms with Crippen LogP contribution in [0.25, 0.3) is 10.9 Å². The molecule has 6 nitrogen and oxygen atoms in total. The second-order valence-electron chi connectivity index (χ2n) is 6.33. The Kier molecular flexibility index (Phi) is 5.03. The summed E-state index contributed by atoms with van der Waals surface area (Å²) in [6.45, 7) is 3.64. The fourth-order valence-electron chi connectivity index (χ4n) is 3.02. The number of hydrogen-bond acceptors (Lipinski definition) is 4. The molecular weight excluding hydrogens is 388 g/mol. The van der Waals surface area contributed by atoms with Gasteiger partial charge >= 0.3 is 0 Å². The highest BCUT2D eigenvalue weighted by molar-refractivity contribution is 7.91. The molecule has 1 aromatic heterocycles. The summed E-state index contributed by atoms with van der Waals surface area (Å²) in [5, 5.41) is 1.69. The first kappa shape index (κ1) is 19.4. The van der Waals surface area contributed by atoms with Gasteiger partial charge in [-0.1, -0.05) is 17.7 Å². The fraction of sp³-hybridized carbons (Fsp3) is 0.211. The van der Waals surface area contributed by atoms with Crippen LogP contribution in [0.4, 0.5) is 0 Å². The Morgan fingerprint density at radius 3 is 2.33 bits per heavy atom. The second kappa shape index (κ2) is 6.99. The molecule has 3 rings (SSSR count). The third-order valence-electron chi connectivity index (χ3n) is 4.26. The number of benzene rings is 2. The van der Waals surface area contributed by atoms with Crippen LogP contribution in [0.2, 0.25) is 5.02 Å². The molecule has 0 atom stereocenters. The summed E-state index contributed by atoms with van der Waals surface area (Å²) < 4.78 is 27.0. The van der Waals surface area contributed by atoms with Crippen LogP contribution >= 0.6 is 11.6 Å². The van der Waals surface area contributed by atoms with Crippen LogP contribution in [0.5, 0.6) is 0 Å². The lowest BCUT2D eigenvalue weighted by Gasteiger charge is -2.14. The van der Waals surface area contributed by atoms with E-state index in [-0.39, 0.29) is 15.5 Å². The predicted octanol–water partition coefficient (Wildman–Crippen LogP) is 3.90. The molecule has 3 aromatic rings. The number of rotatable bonds is 4. The van der Waals surface area contributed by atoms with Crippen LogP contribution in [-0.4, -0.2) is 38.5 Å². The maximum Gasteiger partial charge on any atom is 0.294 e. The van der Waals surface area contributed by atoms with Crippen molar-refractivity contribution >= 4 is 38.2 Å². The van der Waals surface area contributed by atoms with Crippen LogP contribution in [0, 0.1) is 13.8 Å².